The summed E-state index contributed by atoms with van der Waals surface area (Å²) in [6.07, 6.45) is 1.64. The van der Waals surface area contributed by atoms with Gasteiger partial charge in [-0.1, -0.05) is 22.9 Å². The van der Waals surface area contributed by atoms with E-state index in [9.17, 15) is 4.39 Å². The minimum Gasteiger partial charge on any atom is -0.382 e. The third-order valence-corrected chi connectivity index (χ3v) is 3.05. The Kier molecular flexibility index (Phi) is 3.08. The fraction of sp³-hybridized carbons (Fsp3) is 0. The van der Waals surface area contributed by atoms with Gasteiger partial charge in [0.05, 0.1) is 16.4 Å². The number of hydrogen-bond acceptors (Lipinski definition) is 4. The summed E-state index contributed by atoms with van der Waals surface area (Å²) in [5.74, 6) is -0.189. The molecule has 5 nitrogen and oxygen atoms in total. The quantitative estimate of drug-likeness (QED) is 0.787. The van der Waals surface area contributed by atoms with Crippen molar-refractivity contribution >= 4 is 17.4 Å². The van der Waals surface area contributed by atoms with Crippen LogP contribution in [0.15, 0.2) is 42.6 Å². The number of pyridine rings is 1. The Hall–Kier alpha value is -2.47. The van der Waals surface area contributed by atoms with Crippen LogP contribution in [-0.4, -0.2) is 20.0 Å². The Morgan fingerprint density at radius 3 is 2.75 bits per heavy atom. The van der Waals surface area contributed by atoms with E-state index in [1.807, 2.05) is 6.07 Å². The van der Waals surface area contributed by atoms with Gasteiger partial charge in [-0.3, -0.25) is 4.98 Å². The van der Waals surface area contributed by atoms with Gasteiger partial charge in [-0.15, -0.1) is 5.10 Å². The second kappa shape index (κ2) is 4.90. The highest BCUT2D eigenvalue weighted by Gasteiger charge is 2.14. The van der Waals surface area contributed by atoms with E-state index in [4.69, 9.17) is 17.3 Å². The van der Waals surface area contributed by atoms with E-state index >= 15 is 0 Å². The summed E-state index contributed by atoms with van der Waals surface area (Å²) in [6.45, 7) is 0. The van der Waals surface area contributed by atoms with Gasteiger partial charge in [0, 0.05) is 6.20 Å². The molecule has 0 aliphatic rings. The van der Waals surface area contributed by atoms with Crippen molar-refractivity contribution in [1.82, 2.24) is 20.0 Å². The minimum absolute atomic E-state index is 0.00298. The molecular formula is C13H9ClFN5. The van der Waals surface area contributed by atoms with Crippen LogP contribution in [0.25, 0.3) is 17.1 Å². The number of benzene rings is 1. The van der Waals surface area contributed by atoms with Gasteiger partial charge in [0.2, 0.25) is 0 Å². The maximum absolute atomic E-state index is 13.2. The molecular weight excluding hydrogens is 281 g/mol. The number of nitrogen functional groups attached to an aromatic ring is 1. The van der Waals surface area contributed by atoms with Crippen LogP contribution in [0.5, 0.6) is 0 Å². The number of rotatable bonds is 2. The number of nitrogens with zero attached hydrogens (tertiary/aromatic N) is 4. The van der Waals surface area contributed by atoms with E-state index in [1.54, 1.807) is 18.3 Å². The third-order valence-electron chi connectivity index (χ3n) is 2.76. The fourth-order valence-electron chi connectivity index (χ4n) is 1.78. The zero-order valence-electron chi connectivity index (χ0n) is 10.2. The summed E-state index contributed by atoms with van der Waals surface area (Å²) >= 11 is 5.75. The van der Waals surface area contributed by atoms with Gasteiger partial charge in [-0.25, -0.2) is 4.39 Å². The van der Waals surface area contributed by atoms with E-state index in [0.717, 1.165) is 0 Å². The third kappa shape index (κ3) is 2.10. The summed E-state index contributed by atoms with van der Waals surface area (Å²) < 4.78 is 14.6. The lowest BCUT2D eigenvalue weighted by Gasteiger charge is -2.04. The number of aromatic nitrogens is 4. The predicted molar refractivity (Wildman–Crippen MR) is 74.0 cm³/mol. The molecule has 0 radical (unpaired) electrons. The van der Waals surface area contributed by atoms with Crippen LogP contribution in [0.3, 0.4) is 0 Å². The van der Waals surface area contributed by atoms with Gasteiger partial charge in [-0.2, -0.15) is 4.68 Å². The van der Waals surface area contributed by atoms with Crippen LogP contribution in [0, 0.1) is 5.82 Å². The van der Waals surface area contributed by atoms with Gasteiger partial charge in [-0.05, 0) is 30.3 Å². The summed E-state index contributed by atoms with van der Waals surface area (Å²) in [5, 5.41) is 7.95. The second-order valence-corrected chi connectivity index (χ2v) is 4.46. The van der Waals surface area contributed by atoms with E-state index in [1.165, 1.54) is 22.9 Å². The van der Waals surface area contributed by atoms with Crippen molar-refractivity contribution in [3.63, 3.8) is 0 Å². The van der Waals surface area contributed by atoms with Crippen molar-refractivity contribution in [1.29, 1.82) is 0 Å². The molecule has 0 atom stereocenters. The molecule has 0 bridgehead atoms. The second-order valence-electron chi connectivity index (χ2n) is 4.05. The molecule has 1 aromatic carbocycles. The highest BCUT2D eigenvalue weighted by Crippen LogP contribution is 2.25. The number of hydrogen-bond donors (Lipinski definition) is 1. The van der Waals surface area contributed by atoms with Crippen LogP contribution in [-0.2, 0) is 0 Å². The van der Waals surface area contributed by atoms with E-state index in [0.29, 0.717) is 22.9 Å². The average Bonchev–Trinajstić information content (AvgIpc) is 2.85. The summed E-state index contributed by atoms with van der Waals surface area (Å²) in [7, 11) is 0. The lowest BCUT2D eigenvalue weighted by Crippen LogP contribution is -2.02. The van der Waals surface area contributed by atoms with E-state index in [2.05, 4.69) is 15.3 Å². The zero-order valence-corrected chi connectivity index (χ0v) is 10.9. The highest BCUT2D eigenvalue weighted by molar-refractivity contribution is 6.30. The molecule has 20 heavy (non-hydrogen) atoms. The first-order chi connectivity index (χ1) is 9.66. The first-order valence-corrected chi connectivity index (χ1v) is 6.12. The Bertz CT molecular complexity index is 757. The van der Waals surface area contributed by atoms with Crippen molar-refractivity contribution in [2.24, 2.45) is 0 Å². The van der Waals surface area contributed by atoms with Crippen molar-refractivity contribution in [2.75, 3.05) is 5.73 Å². The predicted octanol–water partition coefficient (Wildman–Crippen LogP) is 2.70. The van der Waals surface area contributed by atoms with Crippen LogP contribution >= 0.6 is 11.6 Å². The van der Waals surface area contributed by atoms with Crippen molar-refractivity contribution in [3.05, 3.63) is 53.4 Å². The Balaban J connectivity index is 2.08. The molecule has 3 aromatic rings. The number of halogens is 2. The lowest BCUT2D eigenvalue weighted by molar-refractivity contribution is 0.627. The summed E-state index contributed by atoms with van der Waals surface area (Å²) in [5.41, 5.74) is 7.63. The molecule has 0 saturated carbocycles. The topological polar surface area (TPSA) is 69.6 Å². The van der Waals surface area contributed by atoms with Crippen molar-refractivity contribution < 1.29 is 4.39 Å². The van der Waals surface area contributed by atoms with Crippen LogP contribution in [0.2, 0.25) is 5.02 Å². The first kappa shape index (κ1) is 12.6. The molecule has 0 unspecified atom stereocenters. The molecule has 7 heteroatoms. The maximum atomic E-state index is 13.2. The largest absolute Gasteiger partial charge is 0.382 e. The Morgan fingerprint density at radius 2 is 2.05 bits per heavy atom. The van der Waals surface area contributed by atoms with Gasteiger partial charge in [0.25, 0.3) is 0 Å². The smallest absolute Gasteiger partial charge is 0.157 e. The van der Waals surface area contributed by atoms with Crippen molar-refractivity contribution in [2.45, 2.75) is 0 Å². The van der Waals surface area contributed by atoms with Gasteiger partial charge in [0.1, 0.15) is 5.82 Å². The van der Waals surface area contributed by atoms with Crippen LogP contribution < -0.4 is 5.73 Å². The van der Waals surface area contributed by atoms with Gasteiger partial charge >= 0.3 is 0 Å². The van der Waals surface area contributed by atoms with Crippen LogP contribution in [0.1, 0.15) is 0 Å². The Morgan fingerprint density at radius 1 is 1.20 bits per heavy atom. The molecule has 0 aliphatic heterocycles. The number of anilines is 1. The minimum atomic E-state index is -0.501. The molecule has 0 spiro atoms. The zero-order chi connectivity index (χ0) is 14.1. The molecule has 0 saturated heterocycles. The van der Waals surface area contributed by atoms with Crippen LogP contribution in [0.4, 0.5) is 10.2 Å². The molecule has 2 N–H and O–H groups in total. The van der Waals surface area contributed by atoms with Gasteiger partial charge in [0.15, 0.2) is 11.5 Å². The van der Waals surface area contributed by atoms with Gasteiger partial charge < -0.3 is 5.73 Å². The van der Waals surface area contributed by atoms with E-state index in [-0.39, 0.29) is 5.02 Å². The van der Waals surface area contributed by atoms with E-state index < -0.39 is 5.82 Å². The lowest BCUT2D eigenvalue weighted by atomic mass is 10.2. The first-order valence-electron chi connectivity index (χ1n) is 5.75. The molecule has 3 rings (SSSR count). The molecule has 0 fully saturated rings. The normalized spacial score (nSPS) is 10.7. The molecule has 2 heterocycles. The molecule has 0 amide bonds. The summed E-state index contributed by atoms with van der Waals surface area (Å²) in [4.78, 5) is 4.17. The molecule has 100 valence electrons. The summed E-state index contributed by atoms with van der Waals surface area (Å²) in [6, 6.07) is 9.61. The SMILES string of the molecule is Nc1c(-c2ccccn2)nnn1-c1ccc(F)c(Cl)c1. The van der Waals surface area contributed by atoms with Crippen molar-refractivity contribution in [3.8, 4) is 17.1 Å². The fourth-order valence-corrected chi connectivity index (χ4v) is 1.96. The molecule has 2 aromatic heterocycles. The average molecular weight is 290 g/mol. The standard InChI is InChI=1S/C13H9ClFN5/c14-9-7-8(4-5-10(9)15)20-13(16)12(18-19-20)11-3-1-2-6-17-11/h1-7H,16H2. The maximum Gasteiger partial charge on any atom is 0.157 e. The monoisotopic (exact) mass is 289 g/mol. The number of nitrogens with two attached hydrogens (primary N) is 1. The Labute approximate surface area is 118 Å². The molecule has 0 aliphatic carbocycles. The highest BCUT2D eigenvalue weighted by atomic mass is 35.5.